The smallest absolute Gasteiger partial charge is 0.388 e. The highest BCUT2D eigenvalue weighted by Crippen LogP contribution is 2.44. The number of urea groups is 1. The summed E-state index contributed by atoms with van der Waals surface area (Å²) in [5.41, 5.74) is 0.701. The Labute approximate surface area is 211 Å². The first kappa shape index (κ1) is 24.9. The number of likely N-dealkylation sites (tertiary alicyclic amines) is 1. The lowest BCUT2D eigenvalue weighted by atomic mass is 9.97. The minimum atomic E-state index is -4.51. The van der Waals surface area contributed by atoms with Crippen molar-refractivity contribution in [3.63, 3.8) is 0 Å². The summed E-state index contributed by atoms with van der Waals surface area (Å²) < 4.78 is 65.3. The summed E-state index contributed by atoms with van der Waals surface area (Å²) in [6.07, 6.45) is 0.0672. The molecular weight excluding hydrogens is 509 g/mol. The number of aromatic nitrogens is 2. The quantitative estimate of drug-likeness (QED) is 0.463. The normalized spacial score (nSPS) is 20.1. The number of pyridine rings is 1. The van der Waals surface area contributed by atoms with Crippen LogP contribution < -0.4 is 10.6 Å². The average Bonchev–Trinajstić information content (AvgIpc) is 3.47. The maximum absolute atomic E-state index is 13.2. The van der Waals surface area contributed by atoms with Crippen LogP contribution in [0.2, 0.25) is 0 Å². The van der Waals surface area contributed by atoms with E-state index in [1.807, 2.05) is 5.32 Å². The van der Waals surface area contributed by atoms with Crippen molar-refractivity contribution in [1.82, 2.24) is 19.2 Å². The van der Waals surface area contributed by atoms with Gasteiger partial charge < -0.3 is 15.5 Å². The van der Waals surface area contributed by atoms with Crippen LogP contribution in [0.15, 0.2) is 53.7 Å². The highest BCUT2D eigenvalue weighted by atomic mass is 32.2. The van der Waals surface area contributed by atoms with Gasteiger partial charge in [0.2, 0.25) is 5.69 Å². The number of nitrogens with one attached hydrogen (secondary N) is 2. The number of carbonyl (C=O) groups is 1. The van der Waals surface area contributed by atoms with E-state index in [0.717, 1.165) is 16.8 Å². The maximum Gasteiger partial charge on any atom is 0.405 e. The lowest BCUT2D eigenvalue weighted by Crippen LogP contribution is -2.43. The van der Waals surface area contributed by atoms with E-state index in [1.165, 1.54) is 29.4 Å². The first-order valence-corrected chi connectivity index (χ1v) is 13.1. The zero-order valence-electron chi connectivity index (χ0n) is 19.4. The van der Waals surface area contributed by atoms with Gasteiger partial charge in [-0.3, -0.25) is 0 Å². The zero-order valence-corrected chi connectivity index (χ0v) is 20.3. The second kappa shape index (κ2) is 9.26. The molecule has 2 N–H and O–H groups in total. The van der Waals surface area contributed by atoms with Gasteiger partial charge in [0.05, 0.1) is 17.2 Å². The number of alkyl halides is 3. The molecule has 1 aliphatic heterocycles. The third-order valence-electron chi connectivity index (χ3n) is 6.73. The molecule has 1 aromatic carbocycles. The molecule has 2 aliphatic rings. The minimum absolute atomic E-state index is 0.0198. The molecule has 3 heterocycles. The van der Waals surface area contributed by atoms with E-state index < -0.39 is 28.8 Å². The number of halogens is 3. The maximum atomic E-state index is 13.2. The zero-order chi connectivity index (χ0) is 26.4. The van der Waals surface area contributed by atoms with Crippen LogP contribution in [0.1, 0.15) is 12.8 Å². The van der Waals surface area contributed by atoms with Crippen LogP contribution in [0, 0.1) is 18.4 Å². The van der Waals surface area contributed by atoms with Crippen LogP contribution >= 0.6 is 0 Å². The van der Waals surface area contributed by atoms with Crippen LogP contribution in [0.5, 0.6) is 0 Å². The molecule has 2 amide bonds. The van der Waals surface area contributed by atoms with Gasteiger partial charge in [-0.1, -0.05) is 18.2 Å². The molecule has 9 nitrogen and oxygen atoms in total. The number of anilines is 1. The Bertz CT molecular complexity index is 1480. The predicted molar refractivity (Wildman–Crippen MR) is 130 cm³/mol. The number of hydrogen-bond acceptors (Lipinski definition) is 5. The number of fused-ring (bicyclic) bond motifs is 1. The van der Waals surface area contributed by atoms with Gasteiger partial charge in [-0.15, -0.1) is 0 Å². The molecule has 37 heavy (non-hydrogen) atoms. The third kappa shape index (κ3) is 4.93. The molecule has 0 radical (unpaired) electrons. The SMILES string of the molecule is [C-]#[N+]c1cnc2c(ccn2S(=O)(=O)c2ccccc2)c1N[C@H]1CN(C(=O)NCC(F)(F)F)C[C@H]1C1CC1. The summed E-state index contributed by atoms with van der Waals surface area (Å²) in [4.78, 5) is 21.6. The summed E-state index contributed by atoms with van der Waals surface area (Å²) in [6.45, 7) is 6.63. The lowest BCUT2D eigenvalue weighted by molar-refractivity contribution is -0.123. The molecule has 1 saturated heterocycles. The number of nitrogens with zero attached hydrogens (tertiary/aromatic N) is 4. The number of benzene rings is 1. The molecule has 5 rings (SSSR count). The van der Waals surface area contributed by atoms with Crippen LogP contribution in [0.25, 0.3) is 15.9 Å². The van der Waals surface area contributed by atoms with Crippen LogP contribution in [0.4, 0.5) is 29.3 Å². The molecule has 1 saturated carbocycles. The fraction of sp³-hybridized carbons (Fsp3) is 0.375. The van der Waals surface area contributed by atoms with Crippen molar-refractivity contribution >= 4 is 38.5 Å². The third-order valence-corrected chi connectivity index (χ3v) is 8.41. The van der Waals surface area contributed by atoms with Crippen molar-refractivity contribution in [3.8, 4) is 0 Å². The van der Waals surface area contributed by atoms with Crippen molar-refractivity contribution in [2.45, 2.75) is 30.0 Å². The monoisotopic (exact) mass is 532 g/mol. The fourth-order valence-corrected chi connectivity index (χ4v) is 6.13. The average molecular weight is 533 g/mol. The van der Waals surface area contributed by atoms with Gasteiger partial charge in [-0.2, -0.15) is 13.2 Å². The van der Waals surface area contributed by atoms with Gasteiger partial charge in [-0.25, -0.2) is 27.0 Å². The Morgan fingerprint density at radius 2 is 1.89 bits per heavy atom. The van der Waals surface area contributed by atoms with Gasteiger partial charge in [0.15, 0.2) is 5.65 Å². The van der Waals surface area contributed by atoms with E-state index in [4.69, 9.17) is 6.57 Å². The van der Waals surface area contributed by atoms with Gasteiger partial charge in [0.1, 0.15) is 6.54 Å². The molecule has 2 fully saturated rings. The first-order chi connectivity index (χ1) is 17.6. The molecule has 13 heteroatoms. The van der Waals surface area contributed by atoms with E-state index in [0.29, 0.717) is 17.0 Å². The van der Waals surface area contributed by atoms with E-state index >= 15 is 0 Å². The largest absolute Gasteiger partial charge is 0.405 e. The Morgan fingerprint density at radius 1 is 1.16 bits per heavy atom. The number of hydrogen-bond donors (Lipinski definition) is 2. The van der Waals surface area contributed by atoms with Crippen LogP contribution in [0.3, 0.4) is 0 Å². The highest BCUT2D eigenvalue weighted by molar-refractivity contribution is 7.90. The fourth-order valence-electron chi connectivity index (χ4n) is 4.81. The van der Waals surface area contributed by atoms with Gasteiger partial charge in [0.25, 0.3) is 10.0 Å². The Hall–Kier alpha value is -3.79. The Kier molecular flexibility index (Phi) is 6.23. The highest BCUT2D eigenvalue weighted by Gasteiger charge is 2.44. The first-order valence-electron chi connectivity index (χ1n) is 11.6. The molecule has 0 bridgehead atoms. The van der Waals surface area contributed by atoms with E-state index in [1.54, 1.807) is 24.3 Å². The van der Waals surface area contributed by atoms with Crippen molar-refractivity contribution in [3.05, 3.63) is 60.2 Å². The Morgan fingerprint density at radius 3 is 2.54 bits per heavy atom. The van der Waals surface area contributed by atoms with Crippen molar-refractivity contribution in [2.24, 2.45) is 11.8 Å². The van der Waals surface area contributed by atoms with E-state index in [9.17, 15) is 26.4 Å². The molecular formula is C24H23F3N6O3S. The second-order valence-electron chi connectivity index (χ2n) is 9.23. The van der Waals surface area contributed by atoms with Crippen LogP contribution in [-0.4, -0.2) is 60.2 Å². The van der Waals surface area contributed by atoms with E-state index in [2.05, 4.69) is 15.1 Å². The van der Waals surface area contributed by atoms with Gasteiger partial charge in [0, 0.05) is 42.8 Å². The summed E-state index contributed by atoms with van der Waals surface area (Å²) >= 11 is 0. The summed E-state index contributed by atoms with van der Waals surface area (Å²) in [7, 11) is -3.94. The second-order valence-corrected chi connectivity index (χ2v) is 11.0. The standard InChI is InChI=1S/C24H23F3N6O3S/c1-28-19-11-29-22-17(9-10-33(22)37(35,36)16-5-3-2-4-6-16)21(19)31-20-13-32(12-18(20)15-7-8-15)23(34)30-14-24(25,26)27/h2-6,9-11,15,18,20H,7-8,12-14H2,(H,29,31)(H,30,34)/t18-,20-/m0/s1. The van der Waals surface area contributed by atoms with Crippen molar-refractivity contribution in [2.75, 3.05) is 25.0 Å². The van der Waals surface area contributed by atoms with E-state index in [-0.39, 0.29) is 41.3 Å². The van der Waals surface area contributed by atoms with Crippen molar-refractivity contribution in [1.29, 1.82) is 0 Å². The summed E-state index contributed by atoms with van der Waals surface area (Å²) in [6, 6.07) is 8.34. The lowest BCUT2D eigenvalue weighted by Gasteiger charge is -2.22. The van der Waals surface area contributed by atoms with Crippen LogP contribution in [-0.2, 0) is 10.0 Å². The van der Waals surface area contributed by atoms with Crippen molar-refractivity contribution < 1.29 is 26.4 Å². The number of amides is 2. The number of carbonyl (C=O) groups excluding carboxylic acids is 1. The minimum Gasteiger partial charge on any atom is -0.388 e. The molecule has 194 valence electrons. The molecule has 3 aromatic rings. The predicted octanol–water partition coefficient (Wildman–Crippen LogP) is 4.22. The molecule has 1 aliphatic carbocycles. The summed E-state index contributed by atoms with van der Waals surface area (Å²) in [5, 5.41) is 5.67. The molecule has 0 spiro atoms. The molecule has 2 atom stereocenters. The Balaban J connectivity index is 1.46. The molecule has 2 aromatic heterocycles. The topological polar surface area (TPSA) is 101 Å². The number of rotatable bonds is 6. The van der Waals surface area contributed by atoms with Gasteiger partial charge >= 0.3 is 12.2 Å². The summed E-state index contributed by atoms with van der Waals surface area (Å²) in [5.74, 6) is 0.295. The van der Waals surface area contributed by atoms with Gasteiger partial charge in [-0.05, 0) is 37.0 Å². The molecule has 0 unspecified atom stereocenters.